The van der Waals surface area contributed by atoms with Crippen molar-refractivity contribution in [2.45, 2.75) is 20.4 Å². The van der Waals surface area contributed by atoms with Gasteiger partial charge < -0.3 is 0 Å². The summed E-state index contributed by atoms with van der Waals surface area (Å²) in [5, 5.41) is 0.725. The van der Waals surface area contributed by atoms with Gasteiger partial charge in [0, 0.05) is 10.4 Å². The van der Waals surface area contributed by atoms with Crippen LogP contribution in [0.3, 0.4) is 0 Å². The Kier molecular flexibility index (Phi) is 3.98. The Balaban J connectivity index is 1.87. The first-order valence-corrected chi connectivity index (χ1v) is 9.04. The third-order valence-electron chi connectivity index (χ3n) is 4.39. The minimum Gasteiger partial charge on any atom is -0.294 e. The normalized spacial score (nSPS) is 11.1. The summed E-state index contributed by atoms with van der Waals surface area (Å²) in [6.45, 7) is 4.65. The molecular weight excluding hydrogens is 328 g/mol. The molecule has 2 heterocycles. The van der Waals surface area contributed by atoms with E-state index in [0.717, 1.165) is 31.8 Å². The highest BCUT2D eigenvalue weighted by Crippen LogP contribution is 2.35. The van der Waals surface area contributed by atoms with Crippen LogP contribution in [0.2, 0.25) is 0 Å². The van der Waals surface area contributed by atoms with Gasteiger partial charge in [0.25, 0.3) is 5.56 Å². The number of benzene rings is 2. The molecule has 4 aromatic rings. The van der Waals surface area contributed by atoms with Gasteiger partial charge in [-0.05, 0) is 25.0 Å². The lowest BCUT2D eigenvalue weighted by molar-refractivity contribution is 0.749. The minimum absolute atomic E-state index is 0.0220. The molecule has 124 valence electrons. The summed E-state index contributed by atoms with van der Waals surface area (Å²) in [7, 11) is 0. The molecule has 0 unspecified atom stereocenters. The first-order chi connectivity index (χ1) is 12.1. The molecule has 0 atom stereocenters. The molecule has 3 nitrogen and oxygen atoms in total. The molecule has 2 aromatic heterocycles. The van der Waals surface area contributed by atoms with Crippen LogP contribution in [-0.4, -0.2) is 9.55 Å². The van der Waals surface area contributed by atoms with Crippen molar-refractivity contribution in [2.75, 3.05) is 0 Å². The van der Waals surface area contributed by atoms with Gasteiger partial charge >= 0.3 is 0 Å². The molecule has 0 saturated carbocycles. The first kappa shape index (κ1) is 15.8. The van der Waals surface area contributed by atoms with Crippen LogP contribution < -0.4 is 5.56 Å². The fraction of sp³-hybridized carbons (Fsp3) is 0.143. The lowest BCUT2D eigenvalue weighted by atomic mass is 10.0. The number of rotatable bonds is 3. The smallest absolute Gasteiger partial charge is 0.263 e. The third kappa shape index (κ3) is 2.89. The van der Waals surface area contributed by atoms with Crippen LogP contribution in [0.15, 0.2) is 65.7 Å². The van der Waals surface area contributed by atoms with E-state index in [1.807, 2.05) is 30.3 Å². The van der Waals surface area contributed by atoms with E-state index in [2.05, 4.69) is 43.1 Å². The maximum atomic E-state index is 13.1. The van der Waals surface area contributed by atoms with Crippen molar-refractivity contribution in [3.8, 4) is 11.1 Å². The maximum Gasteiger partial charge on any atom is 0.263 e. The van der Waals surface area contributed by atoms with E-state index >= 15 is 0 Å². The largest absolute Gasteiger partial charge is 0.294 e. The van der Waals surface area contributed by atoms with Crippen LogP contribution >= 0.6 is 11.3 Å². The summed E-state index contributed by atoms with van der Waals surface area (Å²) < 4.78 is 1.70. The van der Waals surface area contributed by atoms with Crippen LogP contribution in [0.1, 0.15) is 16.0 Å². The molecule has 25 heavy (non-hydrogen) atoms. The van der Waals surface area contributed by atoms with Crippen molar-refractivity contribution in [3.05, 3.63) is 87.3 Å². The topological polar surface area (TPSA) is 34.9 Å². The van der Waals surface area contributed by atoms with Gasteiger partial charge in [0.05, 0.1) is 18.3 Å². The summed E-state index contributed by atoms with van der Waals surface area (Å²) in [4.78, 5) is 19.6. The Bertz CT molecular complexity index is 1090. The average molecular weight is 346 g/mol. The zero-order valence-corrected chi connectivity index (χ0v) is 15.0. The van der Waals surface area contributed by atoms with Crippen molar-refractivity contribution in [1.29, 1.82) is 0 Å². The molecule has 0 bridgehead atoms. The highest BCUT2D eigenvalue weighted by atomic mass is 32.1. The van der Waals surface area contributed by atoms with Crippen LogP contribution in [-0.2, 0) is 6.54 Å². The van der Waals surface area contributed by atoms with Gasteiger partial charge in [0.1, 0.15) is 4.83 Å². The van der Waals surface area contributed by atoms with Crippen LogP contribution in [0.25, 0.3) is 21.3 Å². The summed E-state index contributed by atoms with van der Waals surface area (Å²) in [6, 6.07) is 18.3. The second-order valence-electron chi connectivity index (χ2n) is 6.24. The van der Waals surface area contributed by atoms with E-state index in [1.165, 1.54) is 5.56 Å². The minimum atomic E-state index is 0.0220. The van der Waals surface area contributed by atoms with Gasteiger partial charge in [-0.1, -0.05) is 60.2 Å². The number of hydrogen-bond donors (Lipinski definition) is 0. The summed E-state index contributed by atoms with van der Waals surface area (Å²) in [6.07, 6.45) is 1.66. The van der Waals surface area contributed by atoms with E-state index in [9.17, 15) is 4.79 Å². The van der Waals surface area contributed by atoms with Gasteiger partial charge in [-0.15, -0.1) is 11.3 Å². The van der Waals surface area contributed by atoms with E-state index in [0.29, 0.717) is 6.54 Å². The van der Waals surface area contributed by atoms with Gasteiger partial charge in [-0.25, -0.2) is 4.98 Å². The number of thiophene rings is 1. The van der Waals surface area contributed by atoms with Crippen molar-refractivity contribution in [1.82, 2.24) is 9.55 Å². The molecule has 0 aliphatic heterocycles. The predicted molar refractivity (Wildman–Crippen MR) is 104 cm³/mol. The molecule has 0 aliphatic carbocycles. The van der Waals surface area contributed by atoms with Crippen LogP contribution in [0, 0.1) is 13.8 Å². The van der Waals surface area contributed by atoms with Crippen molar-refractivity contribution in [3.63, 3.8) is 0 Å². The van der Waals surface area contributed by atoms with Gasteiger partial charge in [-0.2, -0.15) is 0 Å². The molecule has 0 aliphatic rings. The fourth-order valence-electron chi connectivity index (χ4n) is 3.09. The highest BCUT2D eigenvalue weighted by molar-refractivity contribution is 7.19. The van der Waals surface area contributed by atoms with Crippen molar-refractivity contribution in [2.24, 2.45) is 0 Å². The quantitative estimate of drug-likeness (QED) is 0.534. The van der Waals surface area contributed by atoms with Gasteiger partial charge in [0.2, 0.25) is 0 Å². The van der Waals surface area contributed by atoms with E-state index in [4.69, 9.17) is 0 Å². The predicted octanol–water partition coefficient (Wildman–Crippen LogP) is 4.79. The fourth-order valence-corrected chi connectivity index (χ4v) is 4.10. The van der Waals surface area contributed by atoms with Crippen LogP contribution in [0.5, 0.6) is 0 Å². The lowest BCUT2D eigenvalue weighted by Gasteiger charge is -2.07. The number of aromatic nitrogens is 2. The summed E-state index contributed by atoms with van der Waals surface area (Å²) in [5.74, 6) is 0. The monoisotopic (exact) mass is 346 g/mol. The Hall–Kier alpha value is -2.72. The summed E-state index contributed by atoms with van der Waals surface area (Å²) in [5.41, 5.74) is 4.41. The highest BCUT2D eigenvalue weighted by Gasteiger charge is 2.16. The van der Waals surface area contributed by atoms with Crippen molar-refractivity contribution < 1.29 is 0 Å². The number of aryl methyl sites for hydroxylation is 2. The van der Waals surface area contributed by atoms with Crippen molar-refractivity contribution >= 4 is 21.6 Å². The SMILES string of the molecule is Cc1ccc(Cn2cnc3sc(C)c(-c4ccccc4)c3c2=O)cc1. The Morgan fingerprint density at radius 3 is 2.44 bits per heavy atom. The van der Waals surface area contributed by atoms with Crippen LogP contribution in [0.4, 0.5) is 0 Å². The number of nitrogens with zero attached hydrogens (tertiary/aromatic N) is 2. The number of hydrogen-bond acceptors (Lipinski definition) is 3. The maximum absolute atomic E-state index is 13.1. The van der Waals surface area contributed by atoms with E-state index < -0.39 is 0 Å². The Morgan fingerprint density at radius 2 is 1.72 bits per heavy atom. The average Bonchev–Trinajstić information content (AvgIpc) is 2.97. The first-order valence-electron chi connectivity index (χ1n) is 8.23. The zero-order valence-electron chi connectivity index (χ0n) is 14.2. The molecular formula is C21H18N2OS. The molecule has 0 spiro atoms. The molecule has 0 saturated heterocycles. The third-order valence-corrected chi connectivity index (χ3v) is 5.40. The lowest BCUT2D eigenvalue weighted by Crippen LogP contribution is -2.21. The second kappa shape index (κ2) is 6.30. The zero-order chi connectivity index (χ0) is 17.4. The second-order valence-corrected chi connectivity index (χ2v) is 7.45. The molecule has 4 rings (SSSR count). The molecule has 2 aromatic carbocycles. The van der Waals surface area contributed by atoms with Gasteiger partial charge in [-0.3, -0.25) is 9.36 Å². The van der Waals surface area contributed by atoms with Gasteiger partial charge in [0.15, 0.2) is 0 Å². The van der Waals surface area contributed by atoms with E-state index in [-0.39, 0.29) is 5.56 Å². The molecule has 0 radical (unpaired) electrons. The molecule has 0 fully saturated rings. The van der Waals surface area contributed by atoms with E-state index in [1.54, 1.807) is 22.2 Å². The summed E-state index contributed by atoms with van der Waals surface area (Å²) >= 11 is 1.58. The standard InChI is InChI=1S/C21H18N2OS/c1-14-8-10-16(11-9-14)12-23-13-22-20-19(21(23)24)18(15(2)25-20)17-6-4-3-5-7-17/h3-11,13H,12H2,1-2H3. The number of fused-ring (bicyclic) bond motifs is 1. The Morgan fingerprint density at radius 1 is 1.00 bits per heavy atom. The Labute approximate surface area is 150 Å². The molecule has 4 heteroatoms. The molecule has 0 N–H and O–H groups in total. The molecule has 0 amide bonds.